The quantitative estimate of drug-likeness (QED) is 0.827. The molecular formula is C15H21ClN2O3S. The van der Waals surface area contributed by atoms with Gasteiger partial charge >= 0.3 is 6.09 Å². The summed E-state index contributed by atoms with van der Waals surface area (Å²) in [6.45, 7) is 7.01. The monoisotopic (exact) mass is 344 g/mol. The van der Waals surface area contributed by atoms with Crippen LogP contribution in [0.5, 0.6) is 0 Å². The van der Waals surface area contributed by atoms with Gasteiger partial charge in [0.15, 0.2) is 0 Å². The average Bonchev–Trinajstić information content (AvgIpc) is 2.42. The Morgan fingerprint density at radius 3 is 2.77 bits per heavy atom. The molecule has 1 aromatic carbocycles. The molecule has 1 aromatic rings. The minimum absolute atomic E-state index is 0.335. The Balaban J connectivity index is 2.18. The Morgan fingerprint density at radius 2 is 2.18 bits per heavy atom. The van der Waals surface area contributed by atoms with Crippen LogP contribution in [0.15, 0.2) is 12.1 Å². The van der Waals surface area contributed by atoms with Gasteiger partial charge in [0.05, 0.1) is 6.54 Å². The van der Waals surface area contributed by atoms with Crippen LogP contribution < -0.4 is 4.72 Å². The number of carboxylic acid groups (broad SMARTS) is 1. The maximum absolute atomic E-state index is 12.1. The lowest BCUT2D eigenvalue weighted by molar-refractivity contribution is 0.140. The van der Waals surface area contributed by atoms with Crippen molar-refractivity contribution in [2.24, 2.45) is 0 Å². The van der Waals surface area contributed by atoms with E-state index in [1.54, 1.807) is 0 Å². The third-order valence-corrected chi connectivity index (χ3v) is 5.35. The molecule has 0 fully saturated rings. The van der Waals surface area contributed by atoms with Gasteiger partial charge in [-0.15, -0.1) is 4.72 Å². The molecule has 0 spiro atoms. The lowest BCUT2D eigenvalue weighted by atomic mass is 9.94. The zero-order valence-electron chi connectivity index (χ0n) is 13.0. The fraction of sp³-hybridized carbons (Fsp3) is 0.533. The van der Waals surface area contributed by atoms with Crippen LogP contribution in [0.25, 0.3) is 0 Å². The minimum Gasteiger partial charge on any atom is -0.598 e. The summed E-state index contributed by atoms with van der Waals surface area (Å²) in [4.78, 5) is 12.5. The van der Waals surface area contributed by atoms with Crippen molar-refractivity contribution in [1.29, 1.82) is 0 Å². The Bertz CT molecular complexity index is 575. The van der Waals surface area contributed by atoms with Gasteiger partial charge in [-0.25, -0.2) is 4.79 Å². The lowest BCUT2D eigenvalue weighted by Gasteiger charge is -2.29. The number of benzene rings is 1. The fourth-order valence-corrected chi connectivity index (χ4v) is 3.41. The molecule has 122 valence electrons. The Morgan fingerprint density at radius 1 is 1.50 bits per heavy atom. The number of rotatable bonds is 3. The highest BCUT2D eigenvalue weighted by Crippen LogP contribution is 2.27. The van der Waals surface area contributed by atoms with Crippen LogP contribution in [-0.2, 0) is 30.9 Å². The van der Waals surface area contributed by atoms with Gasteiger partial charge < -0.3 is 14.6 Å². The molecular weight excluding hydrogens is 324 g/mol. The first-order valence-electron chi connectivity index (χ1n) is 7.12. The molecule has 0 aliphatic carbocycles. The highest BCUT2D eigenvalue weighted by Gasteiger charge is 2.27. The van der Waals surface area contributed by atoms with E-state index >= 15 is 0 Å². The molecule has 1 aliphatic rings. The molecule has 1 aliphatic heterocycles. The molecule has 1 unspecified atom stereocenters. The number of fused-ring (bicyclic) bond motifs is 1. The zero-order chi connectivity index (χ0) is 16.5. The third-order valence-electron chi connectivity index (χ3n) is 3.61. The molecule has 2 rings (SSSR count). The number of hydrogen-bond acceptors (Lipinski definition) is 3. The Hall–Kier alpha value is -0.950. The summed E-state index contributed by atoms with van der Waals surface area (Å²) in [6.07, 6.45) is -0.267. The summed E-state index contributed by atoms with van der Waals surface area (Å²) in [6, 6.07) is 3.68. The van der Waals surface area contributed by atoms with E-state index in [4.69, 9.17) is 16.7 Å². The SMILES string of the molecule is CC(C)(C)[S+]([O-])NCc1cc(Cl)cc2c1CCN(C(=O)O)C2. The molecule has 5 nitrogen and oxygen atoms in total. The van der Waals surface area contributed by atoms with Crippen LogP contribution in [-0.4, -0.2) is 31.9 Å². The molecule has 0 bridgehead atoms. The maximum Gasteiger partial charge on any atom is 0.407 e. The summed E-state index contributed by atoms with van der Waals surface area (Å²) >= 11 is 4.99. The second kappa shape index (κ2) is 6.66. The summed E-state index contributed by atoms with van der Waals surface area (Å²) in [5, 5.41) is 9.68. The minimum atomic E-state index is -1.16. The first-order chi connectivity index (χ1) is 10.2. The smallest absolute Gasteiger partial charge is 0.407 e. The first kappa shape index (κ1) is 17.4. The van der Waals surface area contributed by atoms with Gasteiger partial charge in [-0.2, -0.15) is 0 Å². The summed E-state index contributed by atoms with van der Waals surface area (Å²) in [5.74, 6) is 0. The number of hydrogen-bond donors (Lipinski definition) is 2. The number of carbonyl (C=O) groups is 1. The maximum atomic E-state index is 12.1. The van der Waals surface area contributed by atoms with Crippen molar-refractivity contribution in [3.63, 3.8) is 0 Å². The van der Waals surface area contributed by atoms with Crippen LogP contribution >= 0.6 is 11.6 Å². The highest BCUT2D eigenvalue weighted by atomic mass is 35.5. The zero-order valence-corrected chi connectivity index (χ0v) is 14.6. The summed E-state index contributed by atoms with van der Waals surface area (Å²) < 4.78 is 14.8. The van der Waals surface area contributed by atoms with Crippen molar-refractivity contribution in [2.75, 3.05) is 6.54 Å². The third kappa shape index (κ3) is 4.07. The van der Waals surface area contributed by atoms with Crippen LogP contribution in [0.3, 0.4) is 0 Å². The van der Waals surface area contributed by atoms with Crippen LogP contribution in [0.4, 0.5) is 4.79 Å². The topological polar surface area (TPSA) is 75.6 Å². The Labute approximate surface area is 139 Å². The number of nitrogens with zero attached hydrogens (tertiary/aromatic N) is 1. The number of nitrogens with one attached hydrogen (secondary N) is 1. The fourth-order valence-electron chi connectivity index (χ4n) is 2.43. The average molecular weight is 345 g/mol. The van der Waals surface area contributed by atoms with E-state index in [1.807, 2.05) is 32.9 Å². The van der Waals surface area contributed by atoms with E-state index < -0.39 is 17.5 Å². The largest absolute Gasteiger partial charge is 0.598 e. The predicted molar refractivity (Wildman–Crippen MR) is 88.3 cm³/mol. The van der Waals surface area contributed by atoms with Crippen molar-refractivity contribution in [2.45, 2.75) is 45.0 Å². The van der Waals surface area contributed by atoms with Gasteiger partial charge in [0.1, 0.15) is 4.75 Å². The van der Waals surface area contributed by atoms with E-state index in [1.165, 1.54) is 4.90 Å². The molecule has 7 heteroatoms. The van der Waals surface area contributed by atoms with Crippen molar-refractivity contribution in [3.8, 4) is 0 Å². The molecule has 0 aromatic heterocycles. The lowest BCUT2D eigenvalue weighted by Crippen LogP contribution is -2.39. The van der Waals surface area contributed by atoms with Gasteiger partial charge in [-0.3, -0.25) is 0 Å². The molecule has 0 radical (unpaired) electrons. The molecule has 0 saturated heterocycles. The van der Waals surface area contributed by atoms with E-state index in [0.717, 1.165) is 16.7 Å². The standard InChI is InChI=1S/C15H21ClN2O3S/c1-15(2,3)22(21)17-8-10-6-12(16)7-11-9-18(14(19)20)5-4-13(10)11/h6-7,17H,4-5,8-9H2,1-3H3,(H,19,20). The molecule has 22 heavy (non-hydrogen) atoms. The molecule has 1 atom stereocenters. The van der Waals surface area contributed by atoms with E-state index in [-0.39, 0.29) is 4.75 Å². The van der Waals surface area contributed by atoms with Crippen molar-refractivity contribution < 1.29 is 14.5 Å². The number of halogens is 1. The van der Waals surface area contributed by atoms with Crippen molar-refractivity contribution in [1.82, 2.24) is 9.62 Å². The van der Waals surface area contributed by atoms with E-state index in [2.05, 4.69) is 4.72 Å². The second-order valence-electron chi connectivity index (χ2n) is 6.36. The molecule has 0 saturated carbocycles. The van der Waals surface area contributed by atoms with Gasteiger partial charge in [-0.05, 0) is 56.0 Å². The van der Waals surface area contributed by atoms with E-state index in [9.17, 15) is 9.35 Å². The molecule has 2 N–H and O–H groups in total. The van der Waals surface area contributed by atoms with Crippen molar-refractivity contribution >= 4 is 29.1 Å². The van der Waals surface area contributed by atoms with E-state index in [0.29, 0.717) is 31.1 Å². The van der Waals surface area contributed by atoms with Crippen LogP contribution in [0.1, 0.15) is 37.5 Å². The van der Waals surface area contributed by atoms with Gasteiger partial charge in [0, 0.05) is 29.5 Å². The normalized spacial score (nSPS) is 16.3. The Kier molecular flexibility index (Phi) is 5.27. The molecule has 1 amide bonds. The second-order valence-corrected chi connectivity index (χ2v) is 8.85. The van der Waals surface area contributed by atoms with Gasteiger partial charge in [-0.1, -0.05) is 11.6 Å². The van der Waals surface area contributed by atoms with Crippen LogP contribution in [0, 0.1) is 0 Å². The summed E-state index contributed by atoms with van der Waals surface area (Å²) in [7, 11) is 0. The van der Waals surface area contributed by atoms with Gasteiger partial charge in [0.25, 0.3) is 0 Å². The number of amides is 1. The van der Waals surface area contributed by atoms with Crippen molar-refractivity contribution in [3.05, 3.63) is 33.8 Å². The first-order valence-corrected chi connectivity index (χ1v) is 8.64. The van der Waals surface area contributed by atoms with Gasteiger partial charge in [0.2, 0.25) is 0 Å². The van der Waals surface area contributed by atoms with Crippen LogP contribution in [0.2, 0.25) is 5.02 Å². The highest BCUT2D eigenvalue weighted by molar-refractivity contribution is 7.90. The predicted octanol–water partition coefficient (Wildman–Crippen LogP) is 2.93. The molecule has 1 heterocycles. The summed E-state index contributed by atoms with van der Waals surface area (Å²) in [5.41, 5.74) is 3.03.